The summed E-state index contributed by atoms with van der Waals surface area (Å²) >= 11 is 1.50. The molecule has 2 aromatic carbocycles. The maximum absolute atomic E-state index is 13.0. The molecule has 0 bridgehead atoms. The van der Waals surface area contributed by atoms with E-state index in [0.29, 0.717) is 24.5 Å². The van der Waals surface area contributed by atoms with Crippen molar-refractivity contribution in [2.24, 2.45) is 0 Å². The Morgan fingerprint density at radius 3 is 2.37 bits per heavy atom. The fourth-order valence-electron chi connectivity index (χ4n) is 5.11. The summed E-state index contributed by atoms with van der Waals surface area (Å²) < 4.78 is 29.6. The summed E-state index contributed by atoms with van der Waals surface area (Å²) in [5.41, 5.74) is 6.00. The summed E-state index contributed by atoms with van der Waals surface area (Å²) in [6, 6.07) is 12.8. The number of rotatable bonds is 7. The van der Waals surface area contributed by atoms with E-state index in [2.05, 4.69) is 52.8 Å². The Balaban J connectivity index is 1.23. The number of aryl methyl sites for hydroxylation is 3. The van der Waals surface area contributed by atoms with Crippen molar-refractivity contribution in [1.82, 2.24) is 18.9 Å². The molecule has 5 rings (SSSR count). The standard InChI is InChI=1S/C28H33N5O3S2/c1-19-16-21(3)27-24(17-19)20(2)18-25-30-31-28(33(25)27)37-15-12-26(34)29-22-8-10-23(11-9-22)38(35,36)32-13-6-4-5-7-14-32/h8-11,16-18H,4-7,12-15H2,1-3H3,(H,29,34). The molecule has 1 aliphatic heterocycles. The van der Waals surface area contributed by atoms with Gasteiger partial charge < -0.3 is 5.32 Å². The number of thioether (sulfide) groups is 1. The molecule has 3 heterocycles. The Morgan fingerprint density at radius 1 is 0.947 bits per heavy atom. The predicted molar refractivity (Wildman–Crippen MR) is 152 cm³/mol. The number of pyridine rings is 1. The second-order valence-corrected chi connectivity index (χ2v) is 13.0. The van der Waals surface area contributed by atoms with Crippen LogP contribution in [0.4, 0.5) is 5.69 Å². The topological polar surface area (TPSA) is 96.7 Å². The third-order valence-electron chi connectivity index (χ3n) is 7.00. The number of nitrogens with zero attached hydrogens (tertiary/aromatic N) is 4. The lowest BCUT2D eigenvalue weighted by Crippen LogP contribution is -2.31. The highest BCUT2D eigenvalue weighted by atomic mass is 32.2. The van der Waals surface area contributed by atoms with Gasteiger partial charge in [0, 0.05) is 36.3 Å². The number of carbonyl (C=O) groups is 1. The summed E-state index contributed by atoms with van der Waals surface area (Å²) in [5.74, 6) is 0.399. The van der Waals surface area contributed by atoms with Crippen molar-refractivity contribution in [1.29, 1.82) is 0 Å². The van der Waals surface area contributed by atoms with E-state index in [1.54, 1.807) is 28.6 Å². The van der Waals surface area contributed by atoms with Crippen LogP contribution in [0.25, 0.3) is 16.6 Å². The number of nitrogens with one attached hydrogen (secondary N) is 1. The first kappa shape index (κ1) is 26.6. The third-order valence-corrected chi connectivity index (χ3v) is 9.84. The first-order valence-electron chi connectivity index (χ1n) is 13.0. The number of hydrogen-bond acceptors (Lipinski definition) is 6. The first-order valence-corrected chi connectivity index (χ1v) is 15.5. The molecule has 10 heteroatoms. The molecule has 1 aliphatic rings. The number of amides is 1. The van der Waals surface area contributed by atoms with Gasteiger partial charge in [0.25, 0.3) is 0 Å². The highest BCUT2D eigenvalue weighted by Crippen LogP contribution is 2.29. The smallest absolute Gasteiger partial charge is 0.243 e. The van der Waals surface area contributed by atoms with Gasteiger partial charge in [-0.05, 0) is 81.1 Å². The van der Waals surface area contributed by atoms with Crippen molar-refractivity contribution >= 4 is 49.9 Å². The van der Waals surface area contributed by atoms with E-state index in [9.17, 15) is 13.2 Å². The maximum atomic E-state index is 13.0. The van der Waals surface area contributed by atoms with Gasteiger partial charge in [0.1, 0.15) is 0 Å². The van der Waals surface area contributed by atoms with Crippen LogP contribution in [0.15, 0.2) is 52.5 Å². The van der Waals surface area contributed by atoms with Gasteiger partial charge in [-0.2, -0.15) is 4.31 Å². The molecule has 38 heavy (non-hydrogen) atoms. The minimum absolute atomic E-state index is 0.137. The Kier molecular flexibility index (Phi) is 7.74. The number of anilines is 1. The van der Waals surface area contributed by atoms with Crippen LogP contribution in [-0.4, -0.2) is 52.1 Å². The SMILES string of the molecule is Cc1cc(C)c2c(c1)c(C)cc1nnc(SCCC(=O)Nc3ccc(S(=O)(=O)N4CCCCCC4)cc3)n12. The van der Waals surface area contributed by atoms with E-state index in [4.69, 9.17) is 0 Å². The first-order chi connectivity index (χ1) is 18.2. The van der Waals surface area contributed by atoms with Crippen molar-refractivity contribution in [2.75, 3.05) is 24.2 Å². The van der Waals surface area contributed by atoms with E-state index < -0.39 is 10.0 Å². The molecular weight excluding hydrogens is 518 g/mol. The van der Waals surface area contributed by atoms with Crippen LogP contribution < -0.4 is 5.32 Å². The molecule has 1 fully saturated rings. The maximum Gasteiger partial charge on any atom is 0.243 e. The number of aromatic nitrogens is 3. The summed E-state index contributed by atoms with van der Waals surface area (Å²) in [4.78, 5) is 12.9. The Bertz CT molecular complexity index is 1590. The van der Waals surface area contributed by atoms with Crippen molar-refractivity contribution in [2.45, 2.75) is 62.9 Å². The Labute approximate surface area is 227 Å². The zero-order valence-electron chi connectivity index (χ0n) is 22.0. The van der Waals surface area contributed by atoms with Gasteiger partial charge in [-0.3, -0.25) is 9.20 Å². The molecule has 0 unspecified atom stereocenters. The molecule has 1 amide bonds. The lowest BCUT2D eigenvalue weighted by molar-refractivity contribution is -0.115. The molecule has 2 aromatic heterocycles. The molecule has 0 radical (unpaired) electrons. The Hall–Kier alpha value is -2.95. The zero-order chi connectivity index (χ0) is 26.9. The van der Waals surface area contributed by atoms with Crippen LogP contribution in [0.1, 0.15) is 48.8 Å². The molecule has 0 atom stereocenters. The average Bonchev–Trinajstić information content (AvgIpc) is 3.08. The van der Waals surface area contributed by atoms with Crippen molar-refractivity contribution in [3.63, 3.8) is 0 Å². The van der Waals surface area contributed by atoms with Crippen molar-refractivity contribution < 1.29 is 13.2 Å². The fourth-order valence-corrected chi connectivity index (χ4v) is 7.51. The van der Waals surface area contributed by atoms with Crippen LogP contribution in [0, 0.1) is 20.8 Å². The van der Waals surface area contributed by atoms with Gasteiger partial charge in [-0.25, -0.2) is 8.42 Å². The van der Waals surface area contributed by atoms with Gasteiger partial charge in [0.2, 0.25) is 15.9 Å². The van der Waals surface area contributed by atoms with Crippen LogP contribution >= 0.6 is 11.8 Å². The van der Waals surface area contributed by atoms with E-state index in [-0.39, 0.29) is 17.2 Å². The molecule has 200 valence electrons. The molecule has 0 saturated carbocycles. The second kappa shape index (κ2) is 11.0. The monoisotopic (exact) mass is 551 g/mol. The largest absolute Gasteiger partial charge is 0.326 e. The summed E-state index contributed by atoms with van der Waals surface area (Å²) in [6.45, 7) is 7.41. The number of carbonyl (C=O) groups excluding carboxylic acids is 1. The zero-order valence-corrected chi connectivity index (χ0v) is 23.7. The van der Waals surface area contributed by atoms with Gasteiger partial charge in [0.15, 0.2) is 10.8 Å². The van der Waals surface area contributed by atoms with E-state index >= 15 is 0 Å². The number of benzene rings is 2. The van der Waals surface area contributed by atoms with Gasteiger partial charge in [0.05, 0.1) is 10.4 Å². The summed E-state index contributed by atoms with van der Waals surface area (Å²) in [6.07, 6.45) is 4.21. The molecule has 1 saturated heterocycles. The summed E-state index contributed by atoms with van der Waals surface area (Å²) in [7, 11) is -3.51. The molecule has 8 nitrogen and oxygen atoms in total. The second-order valence-electron chi connectivity index (χ2n) is 9.97. The fraction of sp³-hybridized carbons (Fsp3) is 0.393. The van der Waals surface area contributed by atoms with Crippen LogP contribution in [0.2, 0.25) is 0 Å². The minimum Gasteiger partial charge on any atom is -0.326 e. The minimum atomic E-state index is -3.51. The molecule has 0 aliphatic carbocycles. The molecule has 4 aromatic rings. The number of sulfonamides is 1. The van der Waals surface area contributed by atoms with Gasteiger partial charge in [-0.1, -0.05) is 36.2 Å². The number of hydrogen-bond donors (Lipinski definition) is 1. The van der Waals surface area contributed by atoms with Crippen molar-refractivity contribution in [3.8, 4) is 0 Å². The van der Waals surface area contributed by atoms with Gasteiger partial charge >= 0.3 is 0 Å². The normalized spacial score (nSPS) is 15.1. The lowest BCUT2D eigenvalue weighted by Gasteiger charge is -2.20. The summed E-state index contributed by atoms with van der Waals surface area (Å²) in [5, 5.41) is 13.6. The van der Waals surface area contributed by atoms with E-state index in [0.717, 1.165) is 53.1 Å². The molecule has 1 N–H and O–H groups in total. The van der Waals surface area contributed by atoms with Crippen LogP contribution in [-0.2, 0) is 14.8 Å². The van der Waals surface area contributed by atoms with Crippen LogP contribution in [0.3, 0.4) is 0 Å². The van der Waals surface area contributed by atoms with E-state index in [1.807, 2.05) is 6.07 Å². The van der Waals surface area contributed by atoms with Crippen molar-refractivity contribution in [3.05, 3.63) is 59.2 Å². The van der Waals surface area contributed by atoms with Crippen LogP contribution in [0.5, 0.6) is 0 Å². The van der Waals surface area contributed by atoms with Gasteiger partial charge in [-0.15, -0.1) is 10.2 Å². The molecular formula is C28H33N5O3S2. The Morgan fingerprint density at radius 2 is 1.66 bits per heavy atom. The molecule has 0 spiro atoms. The highest BCUT2D eigenvalue weighted by molar-refractivity contribution is 7.99. The third kappa shape index (κ3) is 5.43. The number of fused-ring (bicyclic) bond motifs is 3. The lowest BCUT2D eigenvalue weighted by atomic mass is 10.0. The highest BCUT2D eigenvalue weighted by Gasteiger charge is 2.25. The predicted octanol–water partition coefficient (Wildman–Crippen LogP) is 5.49. The average molecular weight is 552 g/mol. The van der Waals surface area contributed by atoms with E-state index in [1.165, 1.54) is 22.7 Å². The quantitative estimate of drug-likeness (QED) is 0.305.